The molecular weight excluding hydrogens is 171 g/mol. The zero-order valence-electron chi connectivity index (χ0n) is 7.63. The molecule has 70 valence electrons. The molecule has 0 aliphatic rings. The zero-order valence-corrected chi connectivity index (χ0v) is 7.63. The van der Waals surface area contributed by atoms with Gasteiger partial charge in [-0.15, -0.1) is 0 Å². The van der Waals surface area contributed by atoms with E-state index in [1.54, 1.807) is 13.0 Å². The first kappa shape index (κ1) is 9.71. The molecule has 0 amide bonds. The Labute approximate surface area is 76.3 Å². The number of hydrogen-bond donors (Lipinski definition) is 0. The van der Waals surface area contributed by atoms with Gasteiger partial charge >= 0.3 is 0 Å². The van der Waals surface area contributed by atoms with Crippen LogP contribution in [0.4, 0.5) is 4.39 Å². The van der Waals surface area contributed by atoms with E-state index in [4.69, 9.17) is 4.74 Å². The number of carbonyl (C=O) groups excluding carboxylic acids is 1. The SMILES string of the molecule is CCOc1cccc(C(C)=O)c1F. The quantitative estimate of drug-likeness (QED) is 0.671. The number of ketones is 1. The molecule has 1 aromatic rings. The van der Waals surface area contributed by atoms with Gasteiger partial charge in [0.05, 0.1) is 12.2 Å². The molecule has 3 heteroatoms. The van der Waals surface area contributed by atoms with Crippen molar-refractivity contribution in [2.45, 2.75) is 13.8 Å². The lowest BCUT2D eigenvalue weighted by Crippen LogP contribution is -2.01. The van der Waals surface area contributed by atoms with Crippen LogP contribution in [0.3, 0.4) is 0 Å². The molecule has 0 aliphatic carbocycles. The van der Waals surface area contributed by atoms with E-state index in [0.717, 1.165) is 0 Å². The van der Waals surface area contributed by atoms with Gasteiger partial charge in [0.2, 0.25) is 0 Å². The summed E-state index contributed by atoms with van der Waals surface area (Å²) < 4.78 is 18.4. The van der Waals surface area contributed by atoms with Gasteiger partial charge in [-0.05, 0) is 26.0 Å². The second-order valence-corrected chi connectivity index (χ2v) is 2.61. The van der Waals surface area contributed by atoms with E-state index in [9.17, 15) is 9.18 Å². The molecule has 0 saturated heterocycles. The minimum Gasteiger partial charge on any atom is -0.491 e. The summed E-state index contributed by atoms with van der Waals surface area (Å²) in [5.41, 5.74) is 0.0750. The largest absolute Gasteiger partial charge is 0.491 e. The van der Waals surface area contributed by atoms with E-state index < -0.39 is 5.82 Å². The lowest BCUT2D eigenvalue weighted by molar-refractivity contribution is 0.101. The highest BCUT2D eigenvalue weighted by molar-refractivity contribution is 5.94. The Kier molecular flexibility index (Phi) is 3.01. The first-order valence-corrected chi connectivity index (χ1v) is 4.09. The molecule has 0 saturated carbocycles. The summed E-state index contributed by atoms with van der Waals surface area (Å²) in [6.07, 6.45) is 0. The third kappa shape index (κ3) is 2.05. The van der Waals surface area contributed by atoms with Crippen molar-refractivity contribution in [2.75, 3.05) is 6.61 Å². The van der Waals surface area contributed by atoms with Crippen molar-refractivity contribution < 1.29 is 13.9 Å². The Bertz CT molecular complexity index is 321. The summed E-state index contributed by atoms with van der Waals surface area (Å²) in [4.78, 5) is 10.9. The molecule has 0 aromatic heterocycles. The van der Waals surface area contributed by atoms with Crippen molar-refractivity contribution in [1.82, 2.24) is 0 Å². The van der Waals surface area contributed by atoms with Crippen LogP contribution in [-0.2, 0) is 0 Å². The molecule has 0 radical (unpaired) electrons. The summed E-state index contributed by atoms with van der Waals surface area (Å²) >= 11 is 0. The topological polar surface area (TPSA) is 26.3 Å². The van der Waals surface area contributed by atoms with Crippen LogP contribution < -0.4 is 4.74 Å². The molecule has 13 heavy (non-hydrogen) atoms. The van der Waals surface area contributed by atoms with Gasteiger partial charge in [0.25, 0.3) is 0 Å². The van der Waals surface area contributed by atoms with Crippen LogP contribution in [-0.4, -0.2) is 12.4 Å². The minimum atomic E-state index is -0.572. The Balaban J connectivity index is 3.10. The highest BCUT2D eigenvalue weighted by atomic mass is 19.1. The summed E-state index contributed by atoms with van der Waals surface area (Å²) in [6, 6.07) is 4.55. The van der Waals surface area contributed by atoms with Crippen LogP contribution in [0, 0.1) is 5.82 Å². The summed E-state index contributed by atoms with van der Waals surface area (Å²) in [5, 5.41) is 0. The minimum absolute atomic E-state index is 0.0750. The summed E-state index contributed by atoms with van der Waals surface area (Å²) in [6.45, 7) is 3.48. The third-order valence-electron chi connectivity index (χ3n) is 1.64. The van der Waals surface area contributed by atoms with Crippen molar-refractivity contribution in [3.05, 3.63) is 29.6 Å². The molecule has 0 aliphatic heterocycles. The molecular formula is C10H11FO2. The number of carbonyl (C=O) groups is 1. The molecule has 0 bridgehead atoms. The fraction of sp³-hybridized carbons (Fsp3) is 0.300. The van der Waals surface area contributed by atoms with Gasteiger partial charge in [-0.25, -0.2) is 4.39 Å². The second kappa shape index (κ2) is 4.03. The summed E-state index contributed by atoms with van der Waals surface area (Å²) in [7, 11) is 0. The van der Waals surface area contributed by atoms with Gasteiger partial charge in [-0.2, -0.15) is 0 Å². The first-order chi connectivity index (χ1) is 6.16. The molecule has 1 aromatic carbocycles. The van der Waals surface area contributed by atoms with Crippen LogP contribution in [0.15, 0.2) is 18.2 Å². The maximum absolute atomic E-state index is 13.4. The molecule has 0 heterocycles. The van der Waals surface area contributed by atoms with E-state index in [1.807, 2.05) is 0 Å². The first-order valence-electron chi connectivity index (χ1n) is 4.09. The van der Waals surface area contributed by atoms with Crippen LogP contribution in [0.2, 0.25) is 0 Å². The predicted octanol–water partition coefficient (Wildman–Crippen LogP) is 2.43. The van der Waals surface area contributed by atoms with E-state index >= 15 is 0 Å². The maximum Gasteiger partial charge on any atom is 0.175 e. The van der Waals surface area contributed by atoms with Crippen molar-refractivity contribution in [1.29, 1.82) is 0 Å². The molecule has 0 atom stereocenters. The molecule has 1 rings (SSSR count). The number of ether oxygens (including phenoxy) is 1. The average Bonchev–Trinajstić information content (AvgIpc) is 2.08. The van der Waals surface area contributed by atoms with Crippen LogP contribution in [0.1, 0.15) is 24.2 Å². The molecule has 2 nitrogen and oxygen atoms in total. The van der Waals surface area contributed by atoms with Gasteiger partial charge in [0, 0.05) is 0 Å². The van der Waals surface area contributed by atoms with Crippen molar-refractivity contribution in [3.8, 4) is 5.75 Å². The highest BCUT2D eigenvalue weighted by Gasteiger charge is 2.11. The van der Waals surface area contributed by atoms with Crippen LogP contribution in [0.25, 0.3) is 0 Å². The Morgan fingerprint density at radius 3 is 2.77 bits per heavy atom. The van der Waals surface area contributed by atoms with Crippen molar-refractivity contribution >= 4 is 5.78 Å². The van der Waals surface area contributed by atoms with Crippen LogP contribution >= 0.6 is 0 Å². The maximum atomic E-state index is 13.4. The second-order valence-electron chi connectivity index (χ2n) is 2.61. The van der Waals surface area contributed by atoms with Crippen molar-refractivity contribution in [3.63, 3.8) is 0 Å². The number of hydrogen-bond acceptors (Lipinski definition) is 2. The number of Topliss-reactive ketones (excluding diaryl/α,β-unsaturated/α-hetero) is 1. The molecule has 0 fully saturated rings. The van der Waals surface area contributed by atoms with Gasteiger partial charge in [0.15, 0.2) is 17.3 Å². The zero-order chi connectivity index (χ0) is 9.84. The van der Waals surface area contributed by atoms with E-state index in [-0.39, 0.29) is 17.1 Å². The standard InChI is InChI=1S/C10H11FO2/c1-3-13-9-6-4-5-8(7(2)12)10(9)11/h4-6H,3H2,1-2H3. The smallest absolute Gasteiger partial charge is 0.175 e. The normalized spacial score (nSPS) is 9.77. The number of benzene rings is 1. The molecule has 0 N–H and O–H groups in total. The van der Waals surface area contributed by atoms with Gasteiger partial charge < -0.3 is 4.74 Å². The Morgan fingerprint density at radius 1 is 1.54 bits per heavy atom. The lowest BCUT2D eigenvalue weighted by Gasteiger charge is -2.05. The lowest BCUT2D eigenvalue weighted by atomic mass is 10.1. The third-order valence-corrected chi connectivity index (χ3v) is 1.64. The van der Waals surface area contributed by atoms with E-state index in [1.165, 1.54) is 19.1 Å². The van der Waals surface area contributed by atoms with E-state index in [2.05, 4.69) is 0 Å². The van der Waals surface area contributed by atoms with Gasteiger partial charge in [0.1, 0.15) is 0 Å². The average molecular weight is 182 g/mol. The highest BCUT2D eigenvalue weighted by Crippen LogP contribution is 2.20. The van der Waals surface area contributed by atoms with Gasteiger partial charge in [-0.3, -0.25) is 4.79 Å². The fourth-order valence-electron chi connectivity index (χ4n) is 1.05. The molecule has 0 spiro atoms. The Hall–Kier alpha value is -1.38. The Morgan fingerprint density at radius 2 is 2.23 bits per heavy atom. The predicted molar refractivity (Wildman–Crippen MR) is 47.6 cm³/mol. The van der Waals surface area contributed by atoms with E-state index in [0.29, 0.717) is 6.61 Å². The summed E-state index contributed by atoms with van der Waals surface area (Å²) in [5.74, 6) is -0.730. The van der Waals surface area contributed by atoms with Crippen LogP contribution in [0.5, 0.6) is 5.75 Å². The number of rotatable bonds is 3. The number of halogens is 1. The fourth-order valence-corrected chi connectivity index (χ4v) is 1.05. The van der Waals surface area contributed by atoms with Crippen molar-refractivity contribution in [2.24, 2.45) is 0 Å². The monoisotopic (exact) mass is 182 g/mol. The molecule has 0 unspecified atom stereocenters. The van der Waals surface area contributed by atoms with Gasteiger partial charge in [-0.1, -0.05) is 6.07 Å².